The molecule has 0 aliphatic rings. The Labute approximate surface area is 213 Å². The van der Waals surface area contributed by atoms with Gasteiger partial charge >= 0.3 is 5.97 Å². The highest BCUT2D eigenvalue weighted by atomic mass is 32.2. The van der Waals surface area contributed by atoms with Crippen molar-refractivity contribution < 1.29 is 24.2 Å². The molecule has 2 atom stereocenters. The minimum absolute atomic E-state index is 0.137. The van der Waals surface area contributed by atoms with Gasteiger partial charge in [-0.05, 0) is 50.9 Å². The summed E-state index contributed by atoms with van der Waals surface area (Å²) >= 11 is 1.65. The number of amides is 2. The number of thioether (sulfide) groups is 1. The largest absolute Gasteiger partial charge is 0.497 e. The Hall–Kier alpha value is -2.52. The Bertz CT molecular complexity index is 907. The number of carbonyl (C=O) groups excluding carboxylic acids is 2. The molecule has 0 spiro atoms. The predicted molar refractivity (Wildman–Crippen MR) is 142 cm³/mol. The van der Waals surface area contributed by atoms with Crippen molar-refractivity contribution in [2.75, 3.05) is 27.7 Å². The summed E-state index contributed by atoms with van der Waals surface area (Å²) in [6.07, 6.45) is 1.48. The lowest BCUT2D eigenvalue weighted by Gasteiger charge is -2.37. The molecule has 0 saturated heterocycles. The fraction of sp³-hybridized carbons (Fsp3) is 0.577. The van der Waals surface area contributed by atoms with E-state index in [4.69, 9.17) is 9.84 Å². The van der Waals surface area contributed by atoms with Crippen LogP contribution in [0.3, 0.4) is 0 Å². The minimum atomic E-state index is -1.03. The maximum absolute atomic E-state index is 13.4. The summed E-state index contributed by atoms with van der Waals surface area (Å²) in [7, 11) is 4.96. The fourth-order valence-electron chi connectivity index (χ4n) is 3.41. The van der Waals surface area contributed by atoms with Crippen molar-refractivity contribution in [3.63, 3.8) is 0 Å². The van der Waals surface area contributed by atoms with Crippen LogP contribution in [0, 0.1) is 5.41 Å². The van der Waals surface area contributed by atoms with Gasteiger partial charge in [0.1, 0.15) is 17.8 Å². The Morgan fingerprint density at radius 3 is 2.14 bits per heavy atom. The van der Waals surface area contributed by atoms with E-state index < -0.39 is 28.2 Å². The van der Waals surface area contributed by atoms with Gasteiger partial charge in [-0.15, -0.1) is 11.8 Å². The van der Waals surface area contributed by atoms with Gasteiger partial charge in [-0.1, -0.05) is 39.0 Å². The van der Waals surface area contributed by atoms with Gasteiger partial charge in [0.25, 0.3) is 0 Å². The number of methoxy groups -OCH3 is 1. The van der Waals surface area contributed by atoms with Crippen LogP contribution >= 0.6 is 11.8 Å². The molecule has 0 bridgehead atoms. The van der Waals surface area contributed by atoms with Gasteiger partial charge < -0.3 is 25.4 Å². The van der Waals surface area contributed by atoms with Crippen LogP contribution in [-0.2, 0) is 20.1 Å². The zero-order chi connectivity index (χ0) is 27.0. The number of nitrogens with one attached hydrogen (secondary N) is 2. The lowest BCUT2D eigenvalue weighted by Crippen LogP contribution is -2.60. The van der Waals surface area contributed by atoms with E-state index in [-0.39, 0.29) is 23.9 Å². The zero-order valence-electron chi connectivity index (χ0n) is 22.4. The molecular formula is C26H41N3O5S. The van der Waals surface area contributed by atoms with E-state index >= 15 is 0 Å². The molecular weight excluding hydrogens is 466 g/mol. The molecule has 0 fully saturated rings. The topological polar surface area (TPSA) is 108 Å². The number of aliphatic carboxylic acids is 1. The maximum atomic E-state index is 13.4. The molecule has 1 aromatic rings. The lowest BCUT2D eigenvalue weighted by molar-refractivity contribution is -0.138. The van der Waals surface area contributed by atoms with Crippen molar-refractivity contribution in [1.29, 1.82) is 0 Å². The van der Waals surface area contributed by atoms with Gasteiger partial charge in [-0.3, -0.25) is 9.59 Å². The van der Waals surface area contributed by atoms with Crippen LogP contribution in [0.4, 0.5) is 0 Å². The first kappa shape index (κ1) is 30.5. The van der Waals surface area contributed by atoms with Crippen molar-refractivity contribution in [1.82, 2.24) is 15.5 Å². The fourth-order valence-corrected chi connectivity index (χ4v) is 4.54. The van der Waals surface area contributed by atoms with Crippen LogP contribution in [-0.4, -0.2) is 72.4 Å². The average molecular weight is 508 g/mol. The third-order valence-electron chi connectivity index (χ3n) is 5.80. The number of carbonyl (C=O) groups is 3. The molecule has 0 heterocycles. The first-order valence-electron chi connectivity index (χ1n) is 11.5. The van der Waals surface area contributed by atoms with Gasteiger partial charge in [-0.25, -0.2) is 4.79 Å². The second-order valence-corrected chi connectivity index (χ2v) is 11.8. The van der Waals surface area contributed by atoms with E-state index in [2.05, 4.69) is 10.6 Å². The number of likely N-dealkylation sites (N-methyl/N-ethyl adjacent to an activating group) is 2. The van der Waals surface area contributed by atoms with Crippen molar-refractivity contribution in [3.05, 3.63) is 41.5 Å². The number of nitrogens with zero attached hydrogens (tertiary/aromatic N) is 1. The molecule has 0 aliphatic heterocycles. The number of benzene rings is 1. The predicted octanol–water partition coefficient (Wildman–Crippen LogP) is 3.32. The van der Waals surface area contributed by atoms with Crippen molar-refractivity contribution in [2.24, 2.45) is 5.41 Å². The standard InChI is InChI=1S/C26H41N3O5S/c1-17(24(32)33)14-15-29(8)23(31)21(25(2,3)4)28-22(30)20(27-7)26(5,6)35-16-18-10-12-19(34-9)13-11-18/h10-14,20-21,27H,15-16H2,1-9H3,(H,28,30)(H,32,33)/b17-14+/t20-,21?/m1/s1. The van der Waals surface area contributed by atoms with Crippen LogP contribution in [0.15, 0.2) is 35.9 Å². The molecule has 35 heavy (non-hydrogen) atoms. The van der Waals surface area contributed by atoms with E-state index in [9.17, 15) is 14.4 Å². The molecule has 0 radical (unpaired) electrons. The highest BCUT2D eigenvalue weighted by molar-refractivity contribution is 7.99. The number of ether oxygens (including phenoxy) is 1. The summed E-state index contributed by atoms with van der Waals surface area (Å²) in [5.41, 5.74) is 0.727. The summed E-state index contributed by atoms with van der Waals surface area (Å²) in [6.45, 7) is 11.3. The lowest BCUT2D eigenvalue weighted by atomic mass is 9.85. The molecule has 196 valence electrons. The van der Waals surface area contributed by atoms with Gasteiger partial charge in [0, 0.05) is 29.7 Å². The molecule has 1 rings (SSSR count). The zero-order valence-corrected chi connectivity index (χ0v) is 23.2. The van der Waals surface area contributed by atoms with Crippen molar-refractivity contribution in [2.45, 2.75) is 64.1 Å². The molecule has 0 saturated carbocycles. The number of hydrogen-bond donors (Lipinski definition) is 3. The average Bonchev–Trinajstić information content (AvgIpc) is 2.78. The Morgan fingerprint density at radius 1 is 1.11 bits per heavy atom. The third-order valence-corrected chi connectivity index (χ3v) is 7.26. The first-order chi connectivity index (χ1) is 16.1. The normalized spacial score (nSPS) is 14.1. The van der Waals surface area contributed by atoms with Gasteiger partial charge in [-0.2, -0.15) is 0 Å². The number of carboxylic acids is 1. The van der Waals surface area contributed by atoms with E-state index in [1.54, 1.807) is 33.0 Å². The number of rotatable bonds is 12. The van der Waals surface area contributed by atoms with Gasteiger partial charge in [0.15, 0.2) is 0 Å². The van der Waals surface area contributed by atoms with Crippen LogP contribution in [0.25, 0.3) is 0 Å². The van der Waals surface area contributed by atoms with Crippen molar-refractivity contribution >= 4 is 29.5 Å². The second kappa shape index (κ2) is 13.0. The van der Waals surface area contributed by atoms with E-state index in [0.29, 0.717) is 5.75 Å². The van der Waals surface area contributed by atoms with Gasteiger partial charge in [0.2, 0.25) is 11.8 Å². The summed E-state index contributed by atoms with van der Waals surface area (Å²) in [5.74, 6) is -0.0700. The first-order valence-corrected chi connectivity index (χ1v) is 12.5. The molecule has 1 aromatic carbocycles. The minimum Gasteiger partial charge on any atom is -0.497 e. The molecule has 9 heteroatoms. The SMILES string of the molecule is CN[C@H](C(=O)NC(C(=O)N(C)C/C=C(\C)C(=O)O)C(C)(C)C)C(C)(C)SCc1ccc(OC)cc1. The number of carboxylic acid groups (broad SMARTS) is 1. The summed E-state index contributed by atoms with van der Waals surface area (Å²) in [4.78, 5) is 39.1. The molecule has 0 aromatic heterocycles. The summed E-state index contributed by atoms with van der Waals surface area (Å²) in [5, 5.41) is 15.1. The quantitative estimate of drug-likeness (QED) is 0.373. The second-order valence-electron chi connectivity index (χ2n) is 10.2. The van der Waals surface area contributed by atoms with Crippen LogP contribution < -0.4 is 15.4 Å². The maximum Gasteiger partial charge on any atom is 0.331 e. The monoisotopic (exact) mass is 507 g/mol. The number of hydrogen-bond acceptors (Lipinski definition) is 6. The Morgan fingerprint density at radius 2 is 1.69 bits per heavy atom. The third kappa shape index (κ3) is 9.22. The Balaban J connectivity index is 2.97. The molecule has 1 unspecified atom stereocenters. The highest BCUT2D eigenvalue weighted by Crippen LogP contribution is 2.32. The molecule has 2 amide bonds. The smallest absolute Gasteiger partial charge is 0.331 e. The summed E-state index contributed by atoms with van der Waals surface area (Å²) < 4.78 is 4.73. The molecule has 0 aliphatic carbocycles. The van der Waals surface area contributed by atoms with Crippen LogP contribution in [0.5, 0.6) is 5.75 Å². The summed E-state index contributed by atoms with van der Waals surface area (Å²) in [6, 6.07) is 6.49. The molecule has 8 nitrogen and oxygen atoms in total. The Kier molecular flexibility index (Phi) is 11.3. The molecule has 3 N–H and O–H groups in total. The van der Waals surface area contributed by atoms with Crippen molar-refractivity contribution in [3.8, 4) is 5.75 Å². The highest BCUT2D eigenvalue weighted by Gasteiger charge is 2.40. The van der Waals surface area contributed by atoms with E-state index in [1.165, 1.54) is 17.9 Å². The van der Waals surface area contributed by atoms with E-state index in [0.717, 1.165) is 11.3 Å². The van der Waals surface area contributed by atoms with Crippen LogP contribution in [0.1, 0.15) is 47.1 Å². The van der Waals surface area contributed by atoms with Gasteiger partial charge in [0.05, 0.1) is 7.11 Å². The van der Waals surface area contributed by atoms with Crippen LogP contribution in [0.2, 0.25) is 0 Å². The van der Waals surface area contributed by atoms with E-state index in [1.807, 2.05) is 58.9 Å².